The van der Waals surface area contributed by atoms with Gasteiger partial charge in [0.15, 0.2) is 0 Å². The maximum Gasteiger partial charge on any atom is 0.225 e. The van der Waals surface area contributed by atoms with Gasteiger partial charge in [0.05, 0.1) is 0 Å². The topological polar surface area (TPSA) is 41.1 Å². The summed E-state index contributed by atoms with van der Waals surface area (Å²) < 4.78 is 0. The van der Waals surface area contributed by atoms with Gasteiger partial charge in [-0.25, -0.2) is 9.97 Å². The van der Waals surface area contributed by atoms with Gasteiger partial charge >= 0.3 is 0 Å². The lowest BCUT2D eigenvalue weighted by atomic mass is 10.1. The van der Waals surface area contributed by atoms with Crippen LogP contribution in [0.2, 0.25) is 0 Å². The van der Waals surface area contributed by atoms with Crippen molar-refractivity contribution in [1.82, 2.24) is 15.3 Å². The van der Waals surface area contributed by atoms with E-state index in [0.717, 1.165) is 31.3 Å². The zero-order valence-corrected chi connectivity index (χ0v) is 15.5. The van der Waals surface area contributed by atoms with Crippen molar-refractivity contribution in [2.75, 3.05) is 18.0 Å². The van der Waals surface area contributed by atoms with E-state index >= 15 is 0 Å². The molecule has 3 rings (SSSR count). The van der Waals surface area contributed by atoms with Gasteiger partial charge in [-0.15, -0.1) is 0 Å². The first-order chi connectivity index (χ1) is 12.2. The maximum absolute atomic E-state index is 4.82. The minimum Gasteiger partial charge on any atom is -0.341 e. The van der Waals surface area contributed by atoms with Crippen molar-refractivity contribution in [3.05, 3.63) is 53.3 Å². The summed E-state index contributed by atoms with van der Waals surface area (Å²) in [6, 6.07) is 10.7. The van der Waals surface area contributed by atoms with Crippen LogP contribution in [0.15, 0.2) is 36.5 Å². The number of benzene rings is 1. The Bertz CT molecular complexity index is 648. The molecule has 1 N–H and O–H groups in total. The predicted octanol–water partition coefficient (Wildman–Crippen LogP) is 4.41. The molecular weight excluding hydrogens is 308 g/mol. The minimum atomic E-state index is 0.238. The van der Waals surface area contributed by atoms with E-state index in [9.17, 15) is 0 Å². The summed E-state index contributed by atoms with van der Waals surface area (Å²) in [5.74, 6) is 0.901. The Morgan fingerprint density at radius 1 is 1.04 bits per heavy atom. The maximum atomic E-state index is 4.82. The smallest absolute Gasteiger partial charge is 0.225 e. The molecule has 1 saturated heterocycles. The number of rotatable bonds is 5. The SMILES string of the molecule is Cc1nc(N2CCCCCCC2)ncc1C(C)NCc1ccccc1. The summed E-state index contributed by atoms with van der Waals surface area (Å²) in [6.45, 7) is 7.31. The lowest BCUT2D eigenvalue weighted by Crippen LogP contribution is -2.29. The van der Waals surface area contributed by atoms with Crippen molar-refractivity contribution >= 4 is 5.95 Å². The van der Waals surface area contributed by atoms with Gasteiger partial charge in [0, 0.05) is 43.1 Å². The molecule has 2 aromatic rings. The fourth-order valence-corrected chi connectivity index (χ4v) is 3.47. The molecule has 1 atom stereocenters. The number of aryl methyl sites for hydroxylation is 1. The number of nitrogens with zero attached hydrogens (tertiary/aromatic N) is 3. The van der Waals surface area contributed by atoms with Crippen LogP contribution in [0.4, 0.5) is 5.95 Å². The largest absolute Gasteiger partial charge is 0.341 e. The van der Waals surface area contributed by atoms with E-state index < -0.39 is 0 Å². The highest BCUT2D eigenvalue weighted by Gasteiger charge is 2.15. The molecule has 1 fully saturated rings. The van der Waals surface area contributed by atoms with Crippen LogP contribution in [0.1, 0.15) is 61.9 Å². The van der Waals surface area contributed by atoms with Crippen molar-refractivity contribution in [2.24, 2.45) is 0 Å². The molecule has 4 nitrogen and oxygen atoms in total. The summed E-state index contributed by atoms with van der Waals surface area (Å²) in [4.78, 5) is 11.9. The fourth-order valence-electron chi connectivity index (χ4n) is 3.47. The lowest BCUT2D eigenvalue weighted by Gasteiger charge is -2.25. The summed E-state index contributed by atoms with van der Waals surface area (Å²) >= 11 is 0. The molecule has 4 heteroatoms. The van der Waals surface area contributed by atoms with Crippen LogP contribution in [-0.2, 0) is 6.54 Å². The molecule has 0 aliphatic carbocycles. The fraction of sp³-hybridized carbons (Fsp3) is 0.524. The van der Waals surface area contributed by atoms with Crippen molar-refractivity contribution in [3.8, 4) is 0 Å². The molecule has 1 aliphatic rings. The van der Waals surface area contributed by atoms with Gasteiger partial charge in [-0.1, -0.05) is 49.6 Å². The van der Waals surface area contributed by atoms with E-state index in [-0.39, 0.29) is 6.04 Å². The quantitative estimate of drug-likeness (QED) is 0.877. The van der Waals surface area contributed by atoms with Gasteiger partial charge in [0.1, 0.15) is 0 Å². The summed E-state index contributed by atoms with van der Waals surface area (Å²) in [7, 11) is 0. The highest BCUT2D eigenvalue weighted by Crippen LogP contribution is 2.20. The van der Waals surface area contributed by atoms with Crippen molar-refractivity contribution in [3.63, 3.8) is 0 Å². The van der Waals surface area contributed by atoms with Gasteiger partial charge in [-0.05, 0) is 32.3 Å². The van der Waals surface area contributed by atoms with Gasteiger partial charge in [0.2, 0.25) is 5.95 Å². The third-order valence-electron chi connectivity index (χ3n) is 5.07. The number of anilines is 1. The Kier molecular flexibility index (Phi) is 6.40. The van der Waals surface area contributed by atoms with Crippen LogP contribution in [0.5, 0.6) is 0 Å². The summed E-state index contributed by atoms with van der Waals surface area (Å²) in [6.07, 6.45) is 8.54. The molecule has 0 amide bonds. The number of nitrogens with one attached hydrogen (secondary N) is 1. The highest BCUT2D eigenvalue weighted by atomic mass is 15.2. The van der Waals surface area contributed by atoms with Crippen LogP contribution in [0, 0.1) is 6.92 Å². The third kappa shape index (κ3) is 5.02. The first kappa shape index (κ1) is 17.9. The molecule has 1 aromatic carbocycles. The Morgan fingerprint density at radius 2 is 1.72 bits per heavy atom. The second-order valence-electron chi connectivity index (χ2n) is 7.05. The first-order valence-corrected chi connectivity index (χ1v) is 9.60. The van der Waals surface area contributed by atoms with Gasteiger partial charge in [-0.3, -0.25) is 0 Å². The van der Waals surface area contributed by atoms with E-state index in [0.29, 0.717) is 0 Å². The Morgan fingerprint density at radius 3 is 2.40 bits per heavy atom. The van der Waals surface area contributed by atoms with E-state index in [1.165, 1.54) is 43.2 Å². The zero-order valence-electron chi connectivity index (χ0n) is 15.5. The molecule has 0 bridgehead atoms. The Hall–Kier alpha value is -1.94. The van der Waals surface area contributed by atoms with Crippen LogP contribution < -0.4 is 10.2 Å². The normalized spacial score (nSPS) is 17.0. The van der Waals surface area contributed by atoms with Crippen LogP contribution in [-0.4, -0.2) is 23.1 Å². The van der Waals surface area contributed by atoms with Crippen molar-refractivity contribution in [2.45, 2.75) is 58.5 Å². The number of aromatic nitrogens is 2. The molecule has 1 unspecified atom stereocenters. The standard InChI is InChI=1S/C21H30N4/c1-17(22-15-19-11-7-6-8-12-19)20-16-23-21(24-18(20)2)25-13-9-4-3-5-10-14-25/h6-8,11-12,16-17,22H,3-5,9-10,13-15H2,1-2H3. The molecule has 2 heterocycles. The molecule has 0 spiro atoms. The van der Waals surface area contributed by atoms with Crippen LogP contribution >= 0.6 is 0 Å². The first-order valence-electron chi connectivity index (χ1n) is 9.60. The zero-order chi connectivity index (χ0) is 17.5. The highest BCUT2D eigenvalue weighted by molar-refractivity contribution is 5.34. The van der Waals surface area contributed by atoms with E-state index in [1.807, 2.05) is 6.20 Å². The molecule has 25 heavy (non-hydrogen) atoms. The Labute approximate surface area is 151 Å². The van der Waals surface area contributed by atoms with Crippen LogP contribution in [0.3, 0.4) is 0 Å². The van der Waals surface area contributed by atoms with Gasteiger partial charge in [-0.2, -0.15) is 0 Å². The molecule has 0 radical (unpaired) electrons. The number of hydrogen-bond acceptors (Lipinski definition) is 4. The molecule has 1 aliphatic heterocycles. The summed E-state index contributed by atoms with van der Waals surface area (Å²) in [5, 5.41) is 3.58. The lowest BCUT2D eigenvalue weighted by molar-refractivity contribution is 0.546. The average molecular weight is 338 g/mol. The third-order valence-corrected chi connectivity index (χ3v) is 5.07. The molecule has 134 valence electrons. The van der Waals surface area contributed by atoms with Gasteiger partial charge < -0.3 is 10.2 Å². The van der Waals surface area contributed by atoms with Crippen molar-refractivity contribution in [1.29, 1.82) is 0 Å². The predicted molar refractivity (Wildman–Crippen MR) is 104 cm³/mol. The number of hydrogen-bond donors (Lipinski definition) is 1. The molecular formula is C21H30N4. The summed E-state index contributed by atoms with van der Waals surface area (Å²) in [5.41, 5.74) is 3.57. The van der Waals surface area contributed by atoms with Gasteiger partial charge in [0.25, 0.3) is 0 Å². The molecule has 0 saturated carbocycles. The monoisotopic (exact) mass is 338 g/mol. The second-order valence-corrected chi connectivity index (χ2v) is 7.05. The van der Waals surface area contributed by atoms with E-state index in [2.05, 4.69) is 59.4 Å². The van der Waals surface area contributed by atoms with E-state index in [1.54, 1.807) is 0 Å². The van der Waals surface area contributed by atoms with E-state index in [4.69, 9.17) is 4.98 Å². The minimum absolute atomic E-state index is 0.238. The average Bonchev–Trinajstić information content (AvgIpc) is 2.60. The Balaban J connectivity index is 1.64. The second kappa shape index (κ2) is 8.95. The van der Waals surface area contributed by atoms with Crippen molar-refractivity contribution < 1.29 is 0 Å². The van der Waals surface area contributed by atoms with Crippen LogP contribution in [0.25, 0.3) is 0 Å². The molecule has 1 aromatic heterocycles.